The van der Waals surface area contributed by atoms with E-state index < -0.39 is 17.3 Å². The number of carbonyl (C=O) groups excluding carboxylic acids is 2. The van der Waals surface area contributed by atoms with Crippen LogP contribution >= 0.6 is 0 Å². The smallest absolute Gasteiger partial charge is 0.410 e. The Balaban J connectivity index is 1.23. The molecule has 0 aromatic carbocycles. The third-order valence-electron chi connectivity index (χ3n) is 5.97. The Morgan fingerprint density at radius 2 is 1.97 bits per heavy atom. The second-order valence-electron chi connectivity index (χ2n) is 9.65. The van der Waals surface area contributed by atoms with Gasteiger partial charge < -0.3 is 24.3 Å². The lowest BCUT2D eigenvalue weighted by atomic mass is 9.97. The monoisotopic (exact) mass is 467 g/mol. The molecule has 2 aliphatic rings. The van der Waals surface area contributed by atoms with Crippen LogP contribution in [0.25, 0.3) is 5.65 Å². The van der Waals surface area contributed by atoms with Crippen LogP contribution in [0.3, 0.4) is 0 Å². The van der Waals surface area contributed by atoms with Gasteiger partial charge in [-0.05, 0) is 34.1 Å². The molecule has 2 atom stereocenters. The van der Waals surface area contributed by atoms with Crippen LogP contribution in [0.2, 0.25) is 0 Å². The molecule has 2 amide bonds. The van der Waals surface area contributed by atoms with E-state index in [0.29, 0.717) is 24.6 Å². The molecule has 5 rings (SSSR count). The maximum Gasteiger partial charge on any atom is 0.410 e. The van der Waals surface area contributed by atoms with Crippen molar-refractivity contribution in [3.8, 4) is 0 Å². The number of likely N-dealkylation sites (tertiary alicyclic amines) is 1. The number of fused-ring (bicyclic) bond motifs is 2. The third kappa shape index (κ3) is 4.02. The minimum Gasteiger partial charge on any atom is -0.444 e. The molecule has 11 heteroatoms. The molecular weight excluding hydrogens is 441 g/mol. The standard InChI is InChI=1S/C23H26FN7O3/c1-13-10-29-11-14(7-15(24)20(29)27-13)28-21(32)16-8-26-19(9-25-16)31-12-18-17(31)5-6-30(18)22(33)34-23(2,3)4/h7-11,17-18H,5-6,12H2,1-4H3,(H,28,32). The maximum absolute atomic E-state index is 14.3. The number of carbonyl (C=O) groups is 2. The van der Waals surface area contributed by atoms with E-state index in [1.54, 1.807) is 30.4 Å². The highest BCUT2D eigenvalue weighted by Crippen LogP contribution is 2.36. The summed E-state index contributed by atoms with van der Waals surface area (Å²) in [6.07, 6.45) is 6.73. The van der Waals surface area contributed by atoms with Crippen molar-refractivity contribution in [3.63, 3.8) is 0 Å². The summed E-state index contributed by atoms with van der Waals surface area (Å²) in [4.78, 5) is 41.7. The predicted octanol–water partition coefficient (Wildman–Crippen LogP) is 3.02. The largest absolute Gasteiger partial charge is 0.444 e. The van der Waals surface area contributed by atoms with E-state index in [1.807, 2.05) is 20.8 Å². The van der Waals surface area contributed by atoms with E-state index >= 15 is 0 Å². The van der Waals surface area contributed by atoms with Crippen LogP contribution in [0.5, 0.6) is 0 Å². The Morgan fingerprint density at radius 3 is 2.68 bits per heavy atom. The molecule has 1 N–H and O–H groups in total. The summed E-state index contributed by atoms with van der Waals surface area (Å²) in [5.74, 6) is -0.380. The van der Waals surface area contributed by atoms with Crippen molar-refractivity contribution in [2.24, 2.45) is 0 Å². The number of anilines is 2. The number of halogens is 1. The van der Waals surface area contributed by atoms with Crippen LogP contribution in [-0.4, -0.2) is 67.0 Å². The molecule has 0 aliphatic carbocycles. The van der Waals surface area contributed by atoms with Crippen LogP contribution < -0.4 is 10.2 Å². The van der Waals surface area contributed by atoms with Crippen LogP contribution in [0.15, 0.2) is 30.9 Å². The molecule has 3 aromatic heterocycles. The minimum absolute atomic E-state index is 0.0799. The zero-order valence-corrected chi connectivity index (χ0v) is 19.4. The van der Waals surface area contributed by atoms with Crippen LogP contribution in [0.1, 0.15) is 43.4 Å². The van der Waals surface area contributed by atoms with Gasteiger partial charge in [0.05, 0.1) is 35.9 Å². The zero-order chi connectivity index (χ0) is 24.2. The SMILES string of the molecule is Cc1cn2cc(NC(=O)c3cnc(N4CC5C4CCN5C(=O)OC(C)(C)C)cn3)cc(F)c2n1. The molecule has 2 aliphatic heterocycles. The lowest BCUT2D eigenvalue weighted by Gasteiger charge is -2.47. The predicted molar refractivity (Wildman–Crippen MR) is 122 cm³/mol. The van der Waals surface area contributed by atoms with E-state index in [1.165, 1.54) is 16.7 Å². The molecule has 34 heavy (non-hydrogen) atoms. The number of aromatic nitrogens is 4. The first-order valence-corrected chi connectivity index (χ1v) is 11.1. The summed E-state index contributed by atoms with van der Waals surface area (Å²) in [5.41, 5.74) is 0.746. The molecule has 10 nitrogen and oxygen atoms in total. The Morgan fingerprint density at radius 1 is 1.18 bits per heavy atom. The Hall–Kier alpha value is -3.76. The van der Waals surface area contributed by atoms with Gasteiger partial charge in [0, 0.05) is 31.5 Å². The van der Waals surface area contributed by atoms with Gasteiger partial charge in [0.2, 0.25) is 0 Å². The van der Waals surface area contributed by atoms with Crippen molar-refractivity contribution < 1.29 is 18.7 Å². The van der Waals surface area contributed by atoms with Gasteiger partial charge in [-0.15, -0.1) is 0 Å². The lowest BCUT2D eigenvalue weighted by molar-refractivity contribution is 0.0193. The summed E-state index contributed by atoms with van der Waals surface area (Å²) in [6.45, 7) is 8.59. The van der Waals surface area contributed by atoms with Gasteiger partial charge in [0.1, 0.15) is 17.1 Å². The average molecular weight is 468 g/mol. The topological polar surface area (TPSA) is 105 Å². The molecule has 5 heterocycles. The summed E-state index contributed by atoms with van der Waals surface area (Å²) >= 11 is 0. The van der Waals surface area contributed by atoms with Gasteiger partial charge in [-0.1, -0.05) is 0 Å². The Bertz CT molecular complexity index is 1270. The van der Waals surface area contributed by atoms with Crippen molar-refractivity contribution in [2.75, 3.05) is 23.3 Å². The quantitative estimate of drug-likeness (QED) is 0.631. The first kappa shape index (κ1) is 22.1. The summed E-state index contributed by atoms with van der Waals surface area (Å²) in [5, 5.41) is 2.65. The highest BCUT2D eigenvalue weighted by atomic mass is 19.1. The number of hydrogen-bond donors (Lipinski definition) is 1. The first-order chi connectivity index (χ1) is 16.1. The number of imidazole rings is 1. The summed E-state index contributed by atoms with van der Waals surface area (Å²) < 4.78 is 21.3. The number of hydrogen-bond acceptors (Lipinski definition) is 7. The van der Waals surface area contributed by atoms with Gasteiger partial charge in [-0.25, -0.2) is 24.1 Å². The van der Waals surface area contributed by atoms with Gasteiger partial charge in [-0.3, -0.25) is 4.79 Å². The van der Waals surface area contributed by atoms with Gasteiger partial charge in [0.15, 0.2) is 11.5 Å². The lowest BCUT2D eigenvalue weighted by Crippen LogP contribution is -2.63. The summed E-state index contributed by atoms with van der Waals surface area (Å²) in [6, 6.07) is 1.45. The summed E-state index contributed by atoms with van der Waals surface area (Å²) in [7, 11) is 0. The van der Waals surface area contributed by atoms with Crippen molar-refractivity contribution in [1.29, 1.82) is 0 Å². The molecular formula is C23H26FN7O3. The van der Waals surface area contributed by atoms with Crippen LogP contribution in [0.4, 0.5) is 20.7 Å². The molecule has 0 radical (unpaired) electrons. The Kier molecular flexibility index (Phi) is 5.14. The molecule has 0 bridgehead atoms. The van der Waals surface area contributed by atoms with Crippen LogP contribution in [0, 0.1) is 12.7 Å². The fourth-order valence-electron chi connectivity index (χ4n) is 4.46. The number of aryl methyl sites for hydroxylation is 1. The normalized spacial score (nSPS) is 19.7. The van der Waals surface area contributed by atoms with Crippen molar-refractivity contribution >= 4 is 29.2 Å². The number of ether oxygens (including phenoxy) is 1. The molecule has 178 valence electrons. The number of rotatable bonds is 3. The van der Waals surface area contributed by atoms with Gasteiger partial charge in [-0.2, -0.15) is 0 Å². The maximum atomic E-state index is 14.3. The zero-order valence-electron chi connectivity index (χ0n) is 19.4. The van der Waals surface area contributed by atoms with Crippen LogP contribution in [-0.2, 0) is 4.74 Å². The fraction of sp³-hybridized carbons (Fsp3) is 0.435. The van der Waals surface area contributed by atoms with Crippen molar-refractivity contribution in [1.82, 2.24) is 24.3 Å². The first-order valence-electron chi connectivity index (χ1n) is 11.1. The van der Waals surface area contributed by atoms with E-state index in [9.17, 15) is 14.0 Å². The van der Waals surface area contributed by atoms with E-state index in [-0.39, 0.29) is 35.2 Å². The highest BCUT2D eigenvalue weighted by molar-refractivity contribution is 6.02. The minimum atomic E-state index is -0.532. The molecule has 0 saturated carbocycles. The molecule has 2 saturated heterocycles. The second-order valence-corrected chi connectivity index (χ2v) is 9.65. The van der Waals surface area contributed by atoms with Gasteiger partial charge >= 0.3 is 6.09 Å². The molecule has 0 spiro atoms. The van der Waals surface area contributed by atoms with E-state index in [0.717, 1.165) is 6.42 Å². The van der Waals surface area contributed by atoms with E-state index in [2.05, 4.69) is 25.2 Å². The number of nitrogens with zero attached hydrogens (tertiary/aromatic N) is 6. The van der Waals surface area contributed by atoms with E-state index in [4.69, 9.17) is 4.74 Å². The number of pyridine rings is 1. The van der Waals surface area contributed by atoms with Crippen molar-refractivity contribution in [2.45, 2.75) is 51.8 Å². The highest BCUT2D eigenvalue weighted by Gasteiger charge is 2.50. The third-order valence-corrected chi connectivity index (χ3v) is 5.97. The average Bonchev–Trinajstić information content (AvgIpc) is 3.27. The van der Waals surface area contributed by atoms with Crippen molar-refractivity contribution in [3.05, 3.63) is 48.1 Å². The number of nitrogens with one attached hydrogen (secondary N) is 1. The fourth-order valence-corrected chi connectivity index (χ4v) is 4.46. The second kappa shape index (κ2) is 7.93. The van der Waals surface area contributed by atoms with Gasteiger partial charge in [0.25, 0.3) is 5.91 Å². The number of amides is 2. The molecule has 2 unspecified atom stereocenters. The molecule has 3 aromatic rings. The molecule has 2 fully saturated rings. The Labute approximate surface area is 195 Å².